The Hall–Kier alpha value is -1.33. The van der Waals surface area contributed by atoms with Crippen molar-refractivity contribution in [3.8, 4) is 0 Å². The number of benzene rings is 1. The maximum absolute atomic E-state index is 6.00. The maximum Gasteiger partial charge on any atom is 0.0954 e. The summed E-state index contributed by atoms with van der Waals surface area (Å²) in [6.07, 6.45) is 4.44. The van der Waals surface area contributed by atoms with Crippen LogP contribution in [0.15, 0.2) is 28.9 Å². The fourth-order valence-corrected chi connectivity index (χ4v) is 2.48. The predicted octanol–water partition coefficient (Wildman–Crippen LogP) is 3.42. The Bertz CT molecular complexity index is 613. The van der Waals surface area contributed by atoms with Crippen LogP contribution in [-0.2, 0) is 4.74 Å². The highest BCUT2D eigenvalue weighted by molar-refractivity contribution is 9.10. The molecule has 1 aromatic carbocycles. The van der Waals surface area contributed by atoms with Crippen molar-refractivity contribution in [2.24, 2.45) is 5.92 Å². The lowest BCUT2D eigenvalue weighted by atomic mass is 10.1. The van der Waals surface area contributed by atoms with Gasteiger partial charge in [-0.15, -0.1) is 0 Å². The number of pyridine rings is 1. The Morgan fingerprint density at radius 3 is 3.05 bits per heavy atom. The number of fused-ring (bicyclic) bond motifs is 1. The van der Waals surface area contributed by atoms with Crippen molar-refractivity contribution in [2.75, 3.05) is 30.8 Å². The first-order valence-electron chi connectivity index (χ1n) is 6.89. The third-order valence-electron chi connectivity index (χ3n) is 3.46. The minimum Gasteiger partial charge on any atom is -0.398 e. The number of nitrogens with two attached hydrogens (primary N) is 1. The van der Waals surface area contributed by atoms with E-state index in [2.05, 4.69) is 26.2 Å². The lowest BCUT2D eigenvalue weighted by molar-refractivity contribution is 0.134. The van der Waals surface area contributed by atoms with Gasteiger partial charge < -0.3 is 15.8 Å². The van der Waals surface area contributed by atoms with Gasteiger partial charge in [0.05, 0.1) is 17.8 Å². The van der Waals surface area contributed by atoms with E-state index in [1.165, 1.54) is 12.8 Å². The van der Waals surface area contributed by atoms with Crippen molar-refractivity contribution in [3.05, 3.63) is 28.9 Å². The van der Waals surface area contributed by atoms with Crippen molar-refractivity contribution in [3.63, 3.8) is 0 Å². The van der Waals surface area contributed by atoms with E-state index in [4.69, 9.17) is 10.5 Å². The van der Waals surface area contributed by atoms with Gasteiger partial charge in [-0.2, -0.15) is 0 Å². The highest BCUT2D eigenvalue weighted by Gasteiger charge is 2.20. The second-order valence-electron chi connectivity index (χ2n) is 5.20. The van der Waals surface area contributed by atoms with Gasteiger partial charge in [0.25, 0.3) is 0 Å². The number of hydrogen-bond donors (Lipinski definition) is 2. The van der Waals surface area contributed by atoms with E-state index in [0.29, 0.717) is 0 Å². The molecule has 0 atom stereocenters. The van der Waals surface area contributed by atoms with E-state index in [-0.39, 0.29) is 0 Å². The molecule has 0 aliphatic heterocycles. The number of halogens is 1. The molecule has 106 valence electrons. The topological polar surface area (TPSA) is 60.2 Å². The second kappa shape index (κ2) is 5.97. The smallest absolute Gasteiger partial charge is 0.0954 e. The summed E-state index contributed by atoms with van der Waals surface area (Å²) in [5.74, 6) is 0.811. The Morgan fingerprint density at radius 2 is 2.25 bits per heavy atom. The Kier molecular flexibility index (Phi) is 4.08. The van der Waals surface area contributed by atoms with Gasteiger partial charge in [0.2, 0.25) is 0 Å². The van der Waals surface area contributed by atoms with Gasteiger partial charge in [0, 0.05) is 34.9 Å². The molecule has 1 fully saturated rings. The fraction of sp³-hybridized carbons (Fsp3) is 0.400. The summed E-state index contributed by atoms with van der Waals surface area (Å²) in [4.78, 5) is 4.45. The van der Waals surface area contributed by atoms with Crippen LogP contribution in [0.3, 0.4) is 0 Å². The largest absolute Gasteiger partial charge is 0.398 e. The van der Waals surface area contributed by atoms with Gasteiger partial charge in [0.15, 0.2) is 0 Å². The van der Waals surface area contributed by atoms with E-state index < -0.39 is 0 Å². The van der Waals surface area contributed by atoms with Crippen LogP contribution in [0.1, 0.15) is 12.8 Å². The molecule has 2 aromatic rings. The second-order valence-corrected chi connectivity index (χ2v) is 6.11. The minimum absolute atomic E-state index is 0.721. The van der Waals surface area contributed by atoms with Crippen LogP contribution in [-0.4, -0.2) is 24.7 Å². The Morgan fingerprint density at radius 1 is 1.40 bits per heavy atom. The van der Waals surface area contributed by atoms with Crippen LogP contribution in [0, 0.1) is 5.92 Å². The van der Waals surface area contributed by atoms with Crippen molar-refractivity contribution >= 4 is 38.2 Å². The molecule has 20 heavy (non-hydrogen) atoms. The number of nitrogens with zero attached hydrogens (tertiary/aromatic N) is 1. The number of nitrogens with one attached hydrogen (secondary N) is 1. The zero-order valence-corrected chi connectivity index (χ0v) is 12.8. The molecular formula is C15H18BrN3O. The van der Waals surface area contributed by atoms with Crippen molar-refractivity contribution < 1.29 is 4.74 Å². The monoisotopic (exact) mass is 335 g/mol. The average Bonchev–Trinajstić information content (AvgIpc) is 3.25. The quantitative estimate of drug-likeness (QED) is 0.627. The van der Waals surface area contributed by atoms with E-state index in [9.17, 15) is 0 Å². The molecule has 0 bridgehead atoms. The number of aromatic nitrogens is 1. The lowest BCUT2D eigenvalue weighted by Crippen LogP contribution is -2.11. The number of ether oxygens (including phenoxy) is 1. The van der Waals surface area contributed by atoms with Crippen molar-refractivity contribution in [1.29, 1.82) is 0 Å². The summed E-state index contributed by atoms with van der Waals surface area (Å²) in [6, 6.07) is 5.87. The van der Waals surface area contributed by atoms with Gasteiger partial charge >= 0.3 is 0 Å². The molecule has 1 aliphatic rings. The molecule has 1 heterocycles. The molecule has 5 heteroatoms. The predicted molar refractivity (Wildman–Crippen MR) is 85.9 cm³/mol. The molecule has 1 aromatic heterocycles. The molecular weight excluding hydrogens is 318 g/mol. The first-order valence-corrected chi connectivity index (χ1v) is 7.68. The van der Waals surface area contributed by atoms with E-state index >= 15 is 0 Å². The minimum atomic E-state index is 0.721. The molecule has 4 nitrogen and oxygen atoms in total. The first kappa shape index (κ1) is 13.6. The van der Waals surface area contributed by atoms with E-state index in [0.717, 1.165) is 52.4 Å². The molecule has 0 saturated heterocycles. The standard InChI is InChI=1S/C15H18BrN3O/c16-11-7-12-13(17)3-4-14(15(12)19-8-11)18-5-6-20-9-10-1-2-10/h3-4,7-8,10,18H,1-2,5-6,9,17H2. The summed E-state index contributed by atoms with van der Waals surface area (Å²) in [5.41, 5.74) is 8.63. The van der Waals surface area contributed by atoms with Gasteiger partial charge in [-0.05, 0) is 52.9 Å². The Balaban J connectivity index is 1.66. The van der Waals surface area contributed by atoms with Crippen LogP contribution in [0.4, 0.5) is 11.4 Å². The molecule has 3 N–H and O–H groups in total. The number of hydrogen-bond acceptors (Lipinski definition) is 4. The normalized spacial score (nSPS) is 14.7. The third-order valence-corrected chi connectivity index (χ3v) is 3.90. The van der Waals surface area contributed by atoms with Crippen LogP contribution in [0.2, 0.25) is 0 Å². The van der Waals surface area contributed by atoms with Gasteiger partial charge in [0.1, 0.15) is 0 Å². The molecule has 0 amide bonds. The number of anilines is 2. The zero-order chi connectivity index (χ0) is 13.9. The Labute approximate surface area is 126 Å². The molecule has 1 saturated carbocycles. The number of rotatable bonds is 6. The van der Waals surface area contributed by atoms with Crippen LogP contribution in [0.25, 0.3) is 10.9 Å². The number of nitrogen functional groups attached to an aromatic ring is 1. The van der Waals surface area contributed by atoms with Crippen molar-refractivity contribution in [2.45, 2.75) is 12.8 Å². The van der Waals surface area contributed by atoms with Crippen LogP contribution in [0.5, 0.6) is 0 Å². The highest BCUT2D eigenvalue weighted by atomic mass is 79.9. The summed E-state index contributed by atoms with van der Waals surface area (Å²) < 4.78 is 6.55. The fourth-order valence-electron chi connectivity index (χ4n) is 2.15. The summed E-state index contributed by atoms with van der Waals surface area (Å²) in [6.45, 7) is 2.40. The molecule has 0 radical (unpaired) electrons. The first-order chi connectivity index (χ1) is 9.74. The maximum atomic E-state index is 6.00. The van der Waals surface area contributed by atoms with Crippen molar-refractivity contribution in [1.82, 2.24) is 4.98 Å². The molecule has 0 unspecified atom stereocenters. The summed E-state index contributed by atoms with van der Waals surface area (Å²) in [7, 11) is 0. The SMILES string of the molecule is Nc1ccc(NCCOCC2CC2)c2ncc(Br)cc12. The van der Waals surface area contributed by atoms with Gasteiger partial charge in [-0.25, -0.2) is 0 Å². The van der Waals surface area contributed by atoms with Gasteiger partial charge in [-0.3, -0.25) is 4.98 Å². The van der Waals surface area contributed by atoms with Gasteiger partial charge in [-0.1, -0.05) is 0 Å². The average molecular weight is 336 g/mol. The van der Waals surface area contributed by atoms with Crippen LogP contribution < -0.4 is 11.1 Å². The highest BCUT2D eigenvalue weighted by Crippen LogP contribution is 2.29. The molecule has 3 rings (SSSR count). The lowest BCUT2D eigenvalue weighted by Gasteiger charge is -2.11. The summed E-state index contributed by atoms with van der Waals surface area (Å²) >= 11 is 3.43. The van der Waals surface area contributed by atoms with E-state index in [1.54, 1.807) is 6.20 Å². The zero-order valence-electron chi connectivity index (χ0n) is 11.2. The van der Waals surface area contributed by atoms with Crippen LogP contribution >= 0.6 is 15.9 Å². The third kappa shape index (κ3) is 3.22. The molecule has 1 aliphatic carbocycles. The van der Waals surface area contributed by atoms with E-state index in [1.807, 2.05) is 18.2 Å². The summed E-state index contributed by atoms with van der Waals surface area (Å²) in [5, 5.41) is 4.33. The molecule has 0 spiro atoms.